The first kappa shape index (κ1) is 15.1. The van der Waals surface area contributed by atoms with E-state index in [9.17, 15) is 0 Å². The minimum Gasteiger partial charge on any atom is -0.493 e. The fourth-order valence-corrected chi connectivity index (χ4v) is 2.85. The molecule has 2 N–H and O–H groups in total. The summed E-state index contributed by atoms with van der Waals surface area (Å²) in [7, 11) is 1.99. The van der Waals surface area contributed by atoms with Gasteiger partial charge in [-0.2, -0.15) is 0 Å². The first-order valence-corrected chi connectivity index (χ1v) is 7.49. The van der Waals surface area contributed by atoms with E-state index >= 15 is 0 Å². The number of nitrogens with zero attached hydrogens (tertiary/aromatic N) is 2. The van der Waals surface area contributed by atoms with Crippen molar-refractivity contribution in [1.29, 1.82) is 0 Å². The molecule has 5 heteroatoms. The van der Waals surface area contributed by atoms with E-state index in [1.807, 2.05) is 17.8 Å². The molecule has 1 aromatic carbocycles. The maximum absolute atomic E-state index is 5.97. The molecule has 0 aliphatic carbocycles. The number of benzene rings is 1. The zero-order valence-electron chi connectivity index (χ0n) is 11.9. The fraction of sp³-hybridized carbons (Fsp3) is 0.400. The van der Waals surface area contributed by atoms with Crippen molar-refractivity contribution >= 4 is 15.9 Å². The van der Waals surface area contributed by atoms with Gasteiger partial charge in [0, 0.05) is 30.3 Å². The molecule has 0 amide bonds. The molecule has 1 aromatic heterocycles. The van der Waals surface area contributed by atoms with Gasteiger partial charge >= 0.3 is 0 Å². The van der Waals surface area contributed by atoms with E-state index in [1.165, 1.54) is 0 Å². The lowest BCUT2D eigenvalue weighted by Gasteiger charge is -2.14. The number of aromatic nitrogens is 2. The van der Waals surface area contributed by atoms with Crippen molar-refractivity contribution in [3.63, 3.8) is 0 Å². The van der Waals surface area contributed by atoms with Crippen LogP contribution in [0.4, 0.5) is 0 Å². The van der Waals surface area contributed by atoms with Gasteiger partial charge in [0.25, 0.3) is 0 Å². The predicted molar refractivity (Wildman–Crippen MR) is 84.0 cm³/mol. The molecule has 1 heterocycles. The number of imidazole rings is 1. The Morgan fingerprint density at radius 3 is 2.80 bits per heavy atom. The van der Waals surface area contributed by atoms with E-state index in [0.29, 0.717) is 13.2 Å². The van der Waals surface area contributed by atoms with Gasteiger partial charge in [0.1, 0.15) is 11.6 Å². The summed E-state index contributed by atoms with van der Waals surface area (Å²) >= 11 is 3.52. The van der Waals surface area contributed by atoms with Crippen LogP contribution in [0.5, 0.6) is 5.75 Å². The number of nitrogens with two attached hydrogens (primary N) is 1. The van der Waals surface area contributed by atoms with Crippen LogP contribution in [0.1, 0.15) is 17.0 Å². The van der Waals surface area contributed by atoms with E-state index in [0.717, 1.165) is 40.0 Å². The lowest BCUT2D eigenvalue weighted by atomic mass is 10.1. The summed E-state index contributed by atoms with van der Waals surface area (Å²) in [6.45, 7) is 3.29. The fourth-order valence-electron chi connectivity index (χ4n) is 2.23. The Morgan fingerprint density at radius 1 is 1.35 bits per heavy atom. The quantitative estimate of drug-likeness (QED) is 0.881. The molecule has 0 saturated carbocycles. The highest BCUT2D eigenvalue weighted by Crippen LogP contribution is 2.28. The molecule has 0 spiro atoms. The minimum atomic E-state index is 0.616. The van der Waals surface area contributed by atoms with Gasteiger partial charge in [0.15, 0.2) is 0 Å². The van der Waals surface area contributed by atoms with E-state index < -0.39 is 0 Å². The summed E-state index contributed by atoms with van der Waals surface area (Å²) in [6, 6.07) is 4.14. The van der Waals surface area contributed by atoms with Crippen LogP contribution >= 0.6 is 15.9 Å². The van der Waals surface area contributed by atoms with Crippen molar-refractivity contribution in [1.82, 2.24) is 9.55 Å². The molecule has 108 valence electrons. The topological polar surface area (TPSA) is 53.1 Å². The maximum atomic E-state index is 5.97. The number of halogens is 1. The molecule has 0 bridgehead atoms. The van der Waals surface area contributed by atoms with Crippen molar-refractivity contribution in [3.8, 4) is 5.75 Å². The Morgan fingerprint density at radius 2 is 2.15 bits per heavy atom. The molecule has 4 nitrogen and oxygen atoms in total. The first-order chi connectivity index (χ1) is 9.61. The number of rotatable bonds is 6. The standard InChI is InChI=1S/C15H20BrN3O/c1-11-9-13(16)10-12(3-5-17)15(11)20-8-4-14-18-6-7-19(14)2/h6-7,9-10H,3-5,8,17H2,1-2H3. The average molecular weight is 338 g/mol. The SMILES string of the molecule is Cc1cc(Br)cc(CCN)c1OCCc1nccn1C. The van der Waals surface area contributed by atoms with E-state index in [1.54, 1.807) is 6.20 Å². The minimum absolute atomic E-state index is 0.616. The maximum Gasteiger partial charge on any atom is 0.125 e. The number of ether oxygens (including phenoxy) is 1. The highest BCUT2D eigenvalue weighted by molar-refractivity contribution is 9.10. The molecule has 0 aliphatic heterocycles. The van der Waals surface area contributed by atoms with E-state index in [-0.39, 0.29) is 0 Å². The van der Waals surface area contributed by atoms with Gasteiger partial charge in [0.2, 0.25) is 0 Å². The lowest BCUT2D eigenvalue weighted by molar-refractivity contribution is 0.312. The molecule has 0 fully saturated rings. The van der Waals surface area contributed by atoms with Gasteiger partial charge in [-0.15, -0.1) is 0 Å². The third kappa shape index (κ3) is 3.61. The second kappa shape index (κ2) is 6.90. The van der Waals surface area contributed by atoms with Gasteiger partial charge < -0.3 is 15.0 Å². The summed E-state index contributed by atoms with van der Waals surface area (Å²) in [5.41, 5.74) is 7.95. The first-order valence-electron chi connectivity index (χ1n) is 6.70. The molecule has 20 heavy (non-hydrogen) atoms. The highest BCUT2D eigenvalue weighted by Gasteiger charge is 2.09. The Bertz CT molecular complexity index is 580. The van der Waals surface area contributed by atoms with Gasteiger partial charge in [-0.25, -0.2) is 4.98 Å². The summed E-state index contributed by atoms with van der Waals surface area (Å²) in [5, 5.41) is 0. The van der Waals surface area contributed by atoms with Crippen molar-refractivity contribution in [2.75, 3.05) is 13.2 Å². The van der Waals surface area contributed by atoms with E-state index in [4.69, 9.17) is 10.5 Å². The lowest BCUT2D eigenvalue weighted by Crippen LogP contribution is -2.10. The van der Waals surface area contributed by atoms with Crippen LogP contribution in [-0.2, 0) is 19.9 Å². The van der Waals surface area contributed by atoms with Gasteiger partial charge in [0.05, 0.1) is 6.61 Å². The highest BCUT2D eigenvalue weighted by atomic mass is 79.9. The van der Waals surface area contributed by atoms with Gasteiger partial charge in [-0.1, -0.05) is 15.9 Å². The molecule has 0 saturated heterocycles. The molecule has 2 rings (SSSR count). The molecule has 0 unspecified atom stereocenters. The van der Waals surface area contributed by atoms with Crippen LogP contribution in [0, 0.1) is 6.92 Å². The Kier molecular flexibility index (Phi) is 5.20. The number of hydrogen-bond acceptors (Lipinski definition) is 3. The molecular formula is C15H20BrN3O. The third-order valence-electron chi connectivity index (χ3n) is 3.22. The molecule has 2 aromatic rings. The van der Waals surface area contributed by atoms with Crippen molar-refractivity contribution in [2.24, 2.45) is 12.8 Å². The third-order valence-corrected chi connectivity index (χ3v) is 3.68. The summed E-state index contributed by atoms with van der Waals surface area (Å²) < 4.78 is 9.05. The second-order valence-corrected chi connectivity index (χ2v) is 5.72. The monoisotopic (exact) mass is 337 g/mol. The zero-order valence-corrected chi connectivity index (χ0v) is 13.5. The summed E-state index contributed by atoms with van der Waals surface area (Å²) in [5.74, 6) is 1.98. The van der Waals surface area contributed by atoms with Crippen LogP contribution < -0.4 is 10.5 Å². The molecule has 0 aliphatic rings. The Labute approximate surface area is 128 Å². The number of hydrogen-bond donors (Lipinski definition) is 1. The van der Waals surface area contributed by atoms with Crippen molar-refractivity contribution in [2.45, 2.75) is 19.8 Å². The van der Waals surface area contributed by atoms with Crippen LogP contribution in [0.15, 0.2) is 29.0 Å². The Hall–Kier alpha value is -1.33. The predicted octanol–water partition coefficient (Wildman–Crippen LogP) is 2.61. The van der Waals surface area contributed by atoms with Crippen LogP contribution in [-0.4, -0.2) is 22.7 Å². The zero-order chi connectivity index (χ0) is 14.5. The van der Waals surface area contributed by atoms with Gasteiger partial charge in [-0.05, 0) is 43.1 Å². The van der Waals surface area contributed by atoms with Gasteiger partial charge in [-0.3, -0.25) is 0 Å². The summed E-state index contributed by atoms with van der Waals surface area (Å²) in [6.07, 6.45) is 5.36. The molecule has 0 atom stereocenters. The van der Waals surface area contributed by atoms with Crippen molar-refractivity contribution in [3.05, 3.63) is 46.0 Å². The smallest absolute Gasteiger partial charge is 0.125 e. The molecule has 0 radical (unpaired) electrons. The largest absolute Gasteiger partial charge is 0.493 e. The summed E-state index contributed by atoms with van der Waals surface area (Å²) in [4.78, 5) is 4.30. The normalized spacial score (nSPS) is 10.8. The molecular weight excluding hydrogens is 318 g/mol. The van der Waals surface area contributed by atoms with Crippen LogP contribution in [0.25, 0.3) is 0 Å². The second-order valence-electron chi connectivity index (χ2n) is 4.80. The van der Waals surface area contributed by atoms with Crippen molar-refractivity contribution < 1.29 is 4.74 Å². The van der Waals surface area contributed by atoms with Crippen LogP contribution in [0.2, 0.25) is 0 Å². The van der Waals surface area contributed by atoms with E-state index in [2.05, 4.69) is 40.0 Å². The number of aryl methyl sites for hydroxylation is 2. The average Bonchev–Trinajstić information content (AvgIpc) is 2.78. The Balaban J connectivity index is 2.06. The van der Waals surface area contributed by atoms with Crippen LogP contribution in [0.3, 0.4) is 0 Å².